The van der Waals surface area contributed by atoms with E-state index in [1.54, 1.807) is 24.3 Å². The van der Waals surface area contributed by atoms with Crippen molar-refractivity contribution in [1.29, 1.82) is 0 Å². The number of aromatic carboxylic acids is 1. The third-order valence-electron chi connectivity index (χ3n) is 2.82. The number of ketones is 1. The van der Waals surface area contributed by atoms with Gasteiger partial charge >= 0.3 is 5.97 Å². The van der Waals surface area contributed by atoms with Crippen LogP contribution in [0.5, 0.6) is 5.75 Å². The normalized spacial score (nSPS) is 10.2. The number of aromatic hydroxyl groups is 1. The van der Waals surface area contributed by atoms with Crippen molar-refractivity contribution in [3.63, 3.8) is 0 Å². The number of rotatable bonds is 3. The summed E-state index contributed by atoms with van der Waals surface area (Å²) in [5, 5.41) is 18.7. The van der Waals surface area contributed by atoms with E-state index in [9.17, 15) is 14.7 Å². The lowest BCUT2D eigenvalue weighted by molar-refractivity contribution is 0.0696. The van der Waals surface area contributed by atoms with Crippen LogP contribution in [0.15, 0.2) is 42.5 Å². The van der Waals surface area contributed by atoms with Crippen molar-refractivity contribution in [2.75, 3.05) is 0 Å². The number of carbonyl (C=O) groups excluding carboxylic acids is 1. The monoisotopic (exact) mass is 256 g/mol. The second kappa shape index (κ2) is 4.94. The second-order valence-corrected chi connectivity index (χ2v) is 4.17. The van der Waals surface area contributed by atoms with Gasteiger partial charge in [0, 0.05) is 11.1 Å². The van der Waals surface area contributed by atoms with Crippen LogP contribution < -0.4 is 0 Å². The Morgan fingerprint density at radius 3 is 2.32 bits per heavy atom. The van der Waals surface area contributed by atoms with Crippen molar-refractivity contribution in [3.8, 4) is 16.9 Å². The molecular weight excluding hydrogens is 244 g/mol. The van der Waals surface area contributed by atoms with Crippen molar-refractivity contribution in [2.24, 2.45) is 0 Å². The fraction of sp³-hybridized carbons (Fsp3) is 0.0667. The van der Waals surface area contributed by atoms with Gasteiger partial charge in [-0.2, -0.15) is 0 Å². The van der Waals surface area contributed by atoms with Gasteiger partial charge in [0.1, 0.15) is 5.75 Å². The van der Waals surface area contributed by atoms with E-state index in [4.69, 9.17) is 5.11 Å². The molecule has 2 aromatic carbocycles. The summed E-state index contributed by atoms with van der Waals surface area (Å²) in [5.41, 5.74) is 1.72. The molecule has 0 spiro atoms. The van der Waals surface area contributed by atoms with Gasteiger partial charge in [-0.05, 0) is 36.8 Å². The Balaban J connectivity index is 2.50. The average Bonchev–Trinajstić information content (AvgIpc) is 2.38. The molecule has 2 N–H and O–H groups in total. The molecule has 96 valence electrons. The van der Waals surface area contributed by atoms with E-state index in [-0.39, 0.29) is 17.1 Å². The molecular formula is C15H12O4. The number of hydrogen-bond acceptors (Lipinski definition) is 3. The van der Waals surface area contributed by atoms with Crippen LogP contribution in [0.3, 0.4) is 0 Å². The number of hydrogen-bond donors (Lipinski definition) is 2. The molecule has 0 unspecified atom stereocenters. The number of carboxylic acids is 1. The van der Waals surface area contributed by atoms with Crippen LogP contribution in [0.4, 0.5) is 0 Å². The fourth-order valence-corrected chi connectivity index (χ4v) is 1.81. The first-order chi connectivity index (χ1) is 8.99. The van der Waals surface area contributed by atoms with Crippen LogP contribution in [0.25, 0.3) is 11.1 Å². The number of carbonyl (C=O) groups is 2. The van der Waals surface area contributed by atoms with Crippen molar-refractivity contribution in [1.82, 2.24) is 0 Å². The topological polar surface area (TPSA) is 74.6 Å². The summed E-state index contributed by atoms with van der Waals surface area (Å²) in [4.78, 5) is 22.1. The molecule has 0 atom stereocenters. The number of carboxylic acid groups (broad SMARTS) is 1. The van der Waals surface area contributed by atoms with Crippen LogP contribution >= 0.6 is 0 Å². The molecule has 0 fully saturated rings. The summed E-state index contributed by atoms with van der Waals surface area (Å²) in [6, 6.07) is 11.0. The molecule has 2 aromatic rings. The maximum atomic E-state index is 11.3. The van der Waals surface area contributed by atoms with Gasteiger partial charge in [0.25, 0.3) is 0 Å². The predicted octanol–water partition coefficient (Wildman–Crippen LogP) is 2.96. The zero-order valence-corrected chi connectivity index (χ0v) is 10.3. The molecule has 0 radical (unpaired) electrons. The molecule has 0 aliphatic heterocycles. The average molecular weight is 256 g/mol. The Hall–Kier alpha value is -2.62. The molecule has 2 rings (SSSR count). The molecule has 0 saturated heterocycles. The predicted molar refractivity (Wildman–Crippen MR) is 70.5 cm³/mol. The summed E-state index contributed by atoms with van der Waals surface area (Å²) in [6.45, 7) is 1.46. The van der Waals surface area contributed by atoms with Gasteiger partial charge in [-0.1, -0.05) is 18.2 Å². The molecule has 19 heavy (non-hydrogen) atoms. The minimum absolute atomic E-state index is 0.0176. The summed E-state index contributed by atoms with van der Waals surface area (Å²) in [5.74, 6) is -1.29. The maximum absolute atomic E-state index is 11.3. The van der Waals surface area contributed by atoms with Crippen molar-refractivity contribution in [3.05, 3.63) is 53.6 Å². The molecule has 0 bridgehead atoms. The van der Waals surface area contributed by atoms with Gasteiger partial charge < -0.3 is 10.2 Å². The van der Waals surface area contributed by atoms with Crippen molar-refractivity contribution >= 4 is 11.8 Å². The molecule has 0 amide bonds. The van der Waals surface area contributed by atoms with Gasteiger partial charge in [-0.25, -0.2) is 4.79 Å². The molecule has 4 nitrogen and oxygen atoms in total. The molecule has 0 aliphatic carbocycles. The fourth-order valence-electron chi connectivity index (χ4n) is 1.81. The zero-order valence-electron chi connectivity index (χ0n) is 10.3. The van der Waals surface area contributed by atoms with Crippen molar-refractivity contribution < 1.29 is 19.8 Å². The minimum atomic E-state index is -1.10. The van der Waals surface area contributed by atoms with Crippen molar-refractivity contribution in [2.45, 2.75) is 6.92 Å². The van der Waals surface area contributed by atoms with Crippen LogP contribution in [-0.2, 0) is 0 Å². The van der Waals surface area contributed by atoms with Gasteiger partial charge in [-0.3, -0.25) is 4.79 Å². The van der Waals surface area contributed by atoms with E-state index in [1.165, 1.54) is 25.1 Å². The first-order valence-corrected chi connectivity index (χ1v) is 5.66. The lowest BCUT2D eigenvalue weighted by atomic mass is 9.99. The Morgan fingerprint density at radius 2 is 1.74 bits per heavy atom. The lowest BCUT2D eigenvalue weighted by Crippen LogP contribution is -1.96. The minimum Gasteiger partial charge on any atom is -0.507 e. The SMILES string of the molecule is CC(=O)c1cccc(-c2ccc(C(=O)O)cc2O)c1. The van der Waals surface area contributed by atoms with E-state index in [0.717, 1.165) is 0 Å². The van der Waals surface area contributed by atoms with E-state index >= 15 is 0 Å². The summed E-state index contributed by atoms with van der Waals surface area (Å²) in [7, 11) is 0. The van der Waals surface area contributed by atoms with Crippen LogP contribution in [0.1, 0.15) is 27.6 Å². The van der Waals surface area contributed by atoms with E-state index < -0.39 is 5.97 Å². The highest BCUT2D eigenvalue weighted by Crippen LogP contribution is 2.30. The van der Waals surface area contributed by atoms with E-state index in [2.05, 4.69) is 0 Å². The number of phenolic OH excluding ortho intramolecular Hbond substituents is 1. The molecule has 0 saturated carbocycles. The molecule has 4 heteroatoms. The van der Waals surface area contributed by atoms with Crippen LogP contribution in [-0.4, -0.2) is 22.0 Å². The Morgan fingerprint density at radius 1 is 1.00 bits per heavy atom. The highest BCUT2D eigenvalue weighted by atomic mass is 16.4. The Labute approximate surface area is 109 Å². The highest BCUT2D eigenvalue weighted by molar-refractivity contribution is 5.95. The third kappa shape index (κ3) is 2.63. The smallest absolute Gasteiger partial charge is 0.335 e. The van der Waals surface area contributed by atoms with Crippen LogP contribution in [0.2, 0.25) is 0 Å². The Kier molecular flexibility index (Phi) is 3.33. The van der Waals surface area contributed by atoms with E-state index in [0.29, 0.717) is 16.7 Å². The first kappa shape index (κ1) is 12.8. The van der Waals surface area contributed by atoms with Crippen LogP contribution in [0, 0.1) is 0 Å². The van der Waals surface area contributed by atoms with Gasteiger partial charge in [-0.15, -0.1) is 0 Å². The van der Waals surface area contributed by atoms with Gasteiger partial charge in [0.05, 0.1) is 5.56 Å². The number of phenols is 1. The largest absolute Gasteiger partial charge is 0.507 e. The number of Topliss-reactive ketones (excluding diaryl/α,β-unsaturated/α-hetero) is 1. The molecule has 0 heterocycles. The lowest BCUT2D eigenvalue weighted by Gasteiger charge is -2.07. The summed E-state index contributed by atoms with van der Waals surface area (Å²) < 4.78 is 0. The highest BCUT2D eigenvalue weighted by Gasteiger charge is 2.10. The number of benzene rings is 2. The van der Waals surface area contributed by atoms with E-state index in [1.807, 2.05) is 0 Å². The summed E-state index contributed by atoms with van der Waals surface area (Å²) in [6.07, 6.45) is 0. The van der Waals surface area contributed by atoms with Gasteiger partial charge in [0.2, 0.25) is 0 Å². The zero-order chi connectivity index (χ0) is 14.0. The quantitative estimate of drug-likeness (QED) is 0.828. The third-order valence-corrected chi connectivity index (χ3v) is 2.82. The van der Waals surface area contributed by atoms with Gasteiger partial charge in [0.15, 0.2) is 5.78 Å². The maximum Gasteiger partial charge on any atom is 0.335 e. The Bertz CT molecular complexity index is 659. The standard InChI is InChI=1S/C15H12O4/c1-9(16)10-3-2-4-11(7-10)13-6-5-12(15(18)19)8-14(13)17/h2-8,17H,1H3,(H,18,19). The molecule has 0 aromatic heterocycles. The first-order valence-electron chi connectivity index (χ1n) is 5.66. The summed E-state index contributed by atoms with van der Waals surface area (Å²) >= 11 is 0. The molecule has 0 aliphatic rings. The second-order valence-electron chi connectivity index (χ2n) is 4.17.